The molecule has 2 N–H and O–H groups in total. The summed E-state index contributed by atoms with van der Waals surface area (Å²) in [4.78, 5) is 20.4. The Morgan fingerprint density at radius 2 is 1.33 bits per heavy atom. The number of carbonyl (C=O) groups is 2. The molecule has 0 aliphatic heterocycles. The third kappa shape index (κ3) is 9.90. The van der Waals surface area contributed by atoms with Gasteiger partial charge < -0.3 is 30.4 Å². The third-order valence-electron chi connectivity index (χ3n) is 1.74. The van der Waals surface area contributed by atoms with Crippen molar-refractivity contribution in [2.24, 2.45) is 0 Å². The van der Waals surface area contributed by atoms with Gasteiger partial charge in [-0.2, -0.15) is 0 Å². The standard InChI is InChI=1S/C10H12N2O4.2K/c13-9(14)5-11-7-2-1-3-8(4-7)12-6-10(15)16;;/h1-4,11-12H,5-6H2,(H,13,14)(H,15,16);;/q;2*+1/p-2. The van der Waals surface area contributed by atoms with Crippen molar-refractivity contribution in [3.63, 3.8) is 0 Å². The molecule has 0 amide bonds. The predicted octanol–water partition coefficient (Wildman–Crippen LogP) is -7.98. The summed E-state index contributed by atoms with van der Waals surface area (Å²) in [7, 11) is 0. The summed E-state index contributed by atoms with van der Waals surface area (Å²) in [6.45, 7) is -0.603. The van der Waals surface area contributed by atoms with Crippen LogP contribution in [0.1, 0.15) is 0 Å². The van der Waals surface area contributed by atoms with E-state index in [0.717, 1.165) is 0 Å². The summed E-state index contributed by atoms with van der Waals surface area (Å²) in [5.74, 6) is -2.43. The summed E-state index contributed by atoms with van der Waals surface area (Å²) in [6.07, 6.45) is 0. The van der Waals surface area contributed by atoms with Crippen LogP contribution in [0.3, 0.4) is 0 Å². The van der Waals surface area contributed by atoms with E-state index in [1.54, 1.807) is 24.3 Å². The molecule has 1 aromatic carbocycles. The number of rotatable bonds is 6. The first kappa shape index (κ1) is 21.3. The van der Waals surface area contributed by atoms with Gasteiger partial charge in [-0.15, -0.1) is 0 Å². The van der Waals surface area contributed by atoms with Gasteiger partial charge in [0.05, 0.1) is 25.0 Å². The SMILES string of the molecule is O=C([O-])CNc1cccc(NCC(=O)[O-])c1.[K+].[K+]. The Kier molecular flexibility index (Phi) is 14.0. The molecule has 0 aliphatic carbocycles. The Morgan fingerprint density at radius 3 is 1.67 bits per heavy atom. The molecule has 0 fully saturated rings. The Balaban J connectivity index is 0. The van der Waals surface area contributed by atoms with Crippen LogP contribution in [0.5, 0.6) is 0 Å². The molecule has 0 aliphatic rings. The first-order valence-electron chi connectivity index (χ1n) is 4.55. The van der Waals surface area contributed by atoms with Gasteiger partial charge in [0.2, 0.25) is 0 Å². The molecule has 0 atom stereocenters. The average molecular weight is 300 g/mol. The summed E-state index contributed by atoms with van der Waals surface area (Å²) < 4.78 is 0. The summed E-state index contributed by atoms with van der Waals surface area (Å²) in [5, 5.41) is 25.6. The number of benzene rings is 1. The number of hydrogen-bond acceptors (Lipinski definition) is 6. The van der Waals surface area contributed by atoms with Crippen molar-refractivity contribution in [2.45, 2.75) is 0 Å². The van der Waals surface area contributed by atoms with Gasteiger partial charge in [0.15, 0.2) is 0 Å². The predicted molar refractivity (Wildman–Crippen MR) is 53.4 cm³/mol. The van der Waals surface area contributed by atoms with Crippen LogP contribution in [-0.4, -0.2) is 25.0 Å². The number of carboxylic acids is 2. The summed E-state index contributed by atoms with van der Waals surface area (Å²) >= 11 is 0. The molecule has 1 rings (SSSR count). The largest absolute Gasteiger partial charge is 1.00 e. The molecule has 18 heavy (non-hydrogen) atoms. The smallest absolute Gasteiger partial charge is 0.548 e. The second kappa shape index (κ2) is 11.8. The van der Waals surface area contributed by atoms with E-state index in [-0.39, 0.29) is 116 Å². The normalized spacial score (nSPS) is 8.44. The number of hydrogen-bond donors (Lipinski definition) is 2. The minimum Gasteiger partial charge on any atom is -0.548 e. The molecule has 0 saturated heterocycles. The zero-order chi connectivity index (χ0) is 12.0. The fraction of sp³-hybridized carbons (Fsp3) is 0.200. The van der Waals surface area contributed by atoms with Crippen molar-refractivity contribution < 1.29 is 123 Å². The second-order valence-electron chi connectivity index (χ2n) is 3.03. The van der Waals surface area contributed by atoms with E-state index in [0.29, 0.717) is 11.4 Å². The fourth-order valence-corrected chi connectivity index (χ4v) is 1.09. The van der Waals surface area contributed by atoms with Crippen LogP contribution in [-0.2, 0) is 9.59 Å². The van der Waals surface area contributed by atoms with Crippen LogP contribution >= 0.6 is 0 Å². The Morgan fingerprint density at radius 1 is 0.944 bits per heavy atom. The molecule has 0 heterocycles. The van der Waals surface area contributed by atoms with Crippen molar-refractivity contribution in [1.82, 2.24) is 0 Å². The van der Waals surface area contributed by atoms with E-state index >= 15 is 0 Å². The van der Waals surface area contributed by atoms with Crippen molar-refractivity contribution >= 4 is 23.3 Å². The number of anilines is 2. The van der Waals surface area contributed by atoms with Gasteiger partial charge in [-0.25, -0.2) is 0 Å². The minimum atomic E-state index is -1.21. The molecular formula is C10H10K2N2O4. The third-order valence-corrected chi connectivity index (χ3v) is 1.74. The fourth-order valence-electron chi connectivity index (χ4n) is 1.09. The van der Waals surface area contributed by atoms with Gasteiger partial charge >= 0.3 is 103 Å². The first-order chi connectivity index (χ1) is 7.58. The maximum Gasteiger partial charge on any atom is 1.00 e. The molecule has 0 unspecified atom stereocenters. The van der Waals surface area contributed by atoms with E-state index in [1.807, 2.05) is 0 Å². The molecule has 0 saturated carbocycles. The van der Waals surface area contributed by atoms with E-state index in [9.17, 15) is 19.8 Å². The summed E-state index contributed by atoms with van der Waals surface area (Å²) in [5.41, 5.74) is 1.13. The minimum absolute atomic E-state index is 0. The number of aliphatic carboxylic acids is 2. The van der Waals surface area contributed by atoms with Crippen molar-refractivity contribution in [1.29, 1.82) is 0 Å². The maximum atomic E-state index is 10.2. The van der Waals surface area contributed by atoms with Gasteiger partial charge in [-0.05, 0) is 18.2 Å². The van der Waals surface area contributed by atoms with Crippen molar-refractivity contribution in [2.75, 3.05) is 23.7 Å². The number of carbonyl (C=O) groups excluding carboxylic acids is 2. The van der Waals surface area contributed by atoms with Crippen LogP contribution < -0.4 is 124 Å². The average Bonchev–Trinajstić information content (AvgIpc) is 2.24. The van der Waals surface area contributed by atoms with Crippen LogP contribution in [0.4, 0.5) is 11.4 Å². The van der Waals surface area contributed by atoms with Crippen LogP contribution in [0, 0.1) is 0 Å². The molecule has 0 spiro atoms. The van der Waals surface area contributed by atoms with E-state index < -0.39 is 11.9 Å². The molecule has 0 aromatic heterocycles. The topological polar surface area (TPSA) is 104 Å². The molecule has 6 nitrogen and oxygen atoms in total. The van der Waals surface area contributed by atoms with Crippen molar-refractivity contribution in [3.05, 3.63) is 24.3 Å². The van der Waals surface area contributed by atoms with Gasteiger partial charge in [-0.3, -0.25) is 0 Å². The van der Waals surface area contributed by atoms with Gasteiger partial charge in [0, 0.05) is 11.4 Å². The first-order valence-corrected chi connectivity index (χ1v) is 4.55. The van der Waals surface area contributed by atoms with Crippen LogP contribution in [0.25, 0.3) is 0 Å². The Labute approximate surface area is 190 Å². The quantitative estimate of drug-likeness (QED) is 0.506. The van der Waals surface area contributed by atoms with Crippen LogP contribution in [0.2, 0.25) is 0 Å². The second-order valence-corrected chi connectivity index (χ2v) is 3.03. The van der Waals surface area contributed by atoms with E-state index in [2.05, 4.69) is 10.6 Å². The molecule has 8 heteroatoms. The van der Waals surface area contributed by atoms with Crippen molar-refractivity contribution in [3.8, 4) is 0 Å². The van der Waals surface area contributed by atoms with E-state index in [4.69, 9.17) is 0 Å². The maximum absolute atomic E-state index is 10.2. The van der Waals surface area contributed by atoms with Gasteiger partial charge in [0.25, 0.3) is 0 Å². The molecule has 0 bridgehead atoms. The zero-order valence-electron chi connectivity index (χ0n) is 10.4. The van der Waals surface area contributed by atoms with E-state index in [1.165, 1.54) is 0 Å². The monoisotopic (exact) mass is 300 g/mol. The number of nitrogens with one attached hydrogen (secondary N) is 2. The molecular weight excluding hydrogens is 290 g/mol. The molecule has 86 valence electrons. The summed E-state index contributed by atoms with van der Waals surface area (Å²) in [6, 6.07) is 6.57. The Bertz CT molecular complexity index is 368. The zero-order valence-corrected chi connectivity index (χ0v) is 16.6. The van der Waals surface area contributed by atoms with Crippen LogP contribution in [0.15, 0.2) is 24.3 Å². The van der Waals surface area contributed by atoms with Gasteiger partial charge in [-0.1, -0.05) is 6.07 Å². The molecule has 0 radical (unpaired) electrons. The number of carboxylic acid groups (broad SMARTS) is 2. The molecule has 1 aromatic rings. The Hall–Kier alpha value is 1.03. The van der Waals surface area contributed by atoms with Gasteiger partial charge in [0.1, 0.15) is 0 Å².